The lowest BCUT2D eigenvalue weighted by Crippen LogP contribution is -2.47. The summed E-state index contributed by atoms with van der Waals surface area (Å²) < 4.78 is 25.9. The molecule has 2 aliphatic rings. The van der Waals surface area contributed by atoms with Crippen molar-refractivity contribution in [1.29, 1.82) is 0 Å². The van der Waals surface area contributed by atoms with Crippen LogP contribution in [0.2, 0.25) is 0 Å². The lowest BCUT2D eigenvalue weighted by molar-refractivity contribution is 0.0353. The minimum absolute atomic E-state index is 0.0263. The molecule has 2 atom stereocenters. The van der Waals surface area contributed by atoms with Crippen LogP contribution in [0.15, 0.2) is 40.5 Å². The first kappa shape index (κ1) is 19.5. The van der Waals surface area contributed by atoms with Crippen LogP contribution in [0.1, 0.15) is 37.6 Å². The molecule has 1 aliphatic carbocycles. The monoisotopic (exact) mass is 396 g/mol. The highest BCUT2D eigenvalue weighted by Gasteiger charge is 2.36. The van der Waals surface area contributed by atoms with E-state index >= 15 is 0 Å². The Morgan fingerprint density at radius 2 is 2.03 bits per heavy atom. The molecule has 0 spiro atoms. The van der Waals surface area contributed by atoms with Crippen LogP contribution in [0, 0.1) is 5.82 Å². The van der Waals surface area contributed by atoms with Crippen molar-refractivity contribution in [3.63, 3.8) is 0 Å². The molecule has 1 amide bonds. The predicted octanol–water partition coefficient (Wildman–Crippen LogP) is 2.45. The van der Waals surface area contributed by atoms with Crippen LogP contribution in [0.4, 0.5) is 4.39 Å². The number of halogens is 1. The van der Waals surface area contributed by atoms with Crippen LogP contribution >= 0.6 is 0 Å². The molecule has 2 N–H and O–H groups in total. The largest absolute Gasteiger partial charge is 0.455 e. The molecule has 2 aromatic rings. The predicted molar refractivity (Wildman–Crippen MR) is 110 cm³/mol. The Bertz CT molecular complexity index is 1100. The van der Waals surface area contributed by atoms with Gasteiger partial charge in [0.15, 0.2) is 0 Å². The number of furan rings is 1. The Balaban J connectivity index is 2.04. The van der Waals surface area contributed by atoms with E-state index in [4.69, 9.17) is 9.15 Å². The number of hydrogen-bond acceptors (Lipinski definition) is 4. The van der Waals surface area contributed by atoms with Gasteiger partial charge >= 0.3 is 0 Å². The number of carbonyl (C=O) groups is 1. The summed E-state index contributed by atoms with van der Waals surface area (Å²) in [6, 6.07) is 5.91. The van der Waals surface area contributed by atoms with E-state index in [9.17, 15) is 9.18 Å². The topological polar surface area (TPSA) is 63.5 Å². The van der Waals surface area contributed by atoms with Crippen molar-refractivity contribution in [2.45, 2.75) is 45.4 Å². The van der Waals surface area contributed by atoms with Gasteiger partial charge in [0.25, 0.3) is 5.91 Å². The second-order valence-electron chi connectivity index (χ2n) is 7.53. The maximum absolute atomic E-state index is 13.4. The number of ether oxygens (including phenoxy) is 1. The molecule has 0 bridgehead atoms. The van der Waals surface area contributed by atoms with Gasteiger partial charge in [-0.3, -0.25) is 4.79 Å². The van der Waals surface area contributed by atoms with Crippen LogP contribution in [-0.4, -0.2) is 31.2 Å². The van der Waals surface area contributed by atoms with Crippen LogP contribution in [0.25, 0.3) is 23.0 Å². The van der Waals surface area contributed by atoms with E-state index in [1.165, 1.54) is 12.1 Å². The number of hydrogen-bond donors (Lipinski definition) is 2. The van der Waals surface area contributed by atoms with Crippen molar-refractivity contribution in [2.24, 2.45) is 0 Å². The summed E-state index contributed by atoms with van der Waals surface area (Å²) in [6.45, 7) is 6.07. The molecule has 5 nitrogen and oxygen atoms in total. The molecule has 4 rings (SSSR count). The Labute approximate surface area is 168 Å². The summed E-state index contributed by atoms with van der Waals surface area (Å²) >= 11 is 0. The summed E-state index contributed by atoms with van der Waals surface area (Å²) in [5.41, 5.74) is 3.92. The normalized spacial score (nSPS) is 19.9. The van der Waals surface area contributed by atoms with Crippen molar-refractivity contribution in [3.05, 3.63) is 58.1 Å². The van der Waals surface area contributed by atoms with Crippen LogP contribution in [0.5, 0.6) is 0 Å². The molecule has 1 aromatic heterocycles. The number of benzene rings is 1. The fourth-order valence-electron chi connectivity index (χ4n) is 4.04. The molecule has 0 saturated carbocycles. The Kier molecular flexibility index (Phi) is 5.04. The summed E-state index contributed by atoms with van der Waals surface area (Å²) in [5.74, 6) is -0.153. The molecular weight excluding hydrogens is 371 g/mol. The second-order valence-corrected chi connectivity index (χ2v) is 7.53. The summed E-state index contributed by atoms with van der Waals surface area (Å²) in [7, 11) is 1.59. The van der Waals surface area contributed by atoms with Crippen molar-refractivity contribution < 1.29 is 18.3 Å². The fourth-order valence-corrected chi connectivity index (χ4v) is 4.04. The third-order valence-electron chi connectivity index (χ3n) is 5.31. The van der Waals surface area contributed by atoms with Gasteiger partial charge in [-0.25, -0.2) is 4.39 Å². The molecule has 1 aliphatic heterocycles. The van der Waals surface area contributed by atoms with Crippen molar-refractivity contribution in [3.8, 4) is 11.3 Å². The molecular formula is C23H25FN2O3. The number of amides is 1. The highest BCUT2D eigenvalue weighted by Crippen LogP contribution is 2.31. The van der Waals surface area contributed by atoms with Gasteiger partial charge in [0.1, 0.15) is 23.1 Å². The van der Waals surface area contributed by atoms with Gasteiger partial charge in [0, 0.05) is 29.6 Å². The molecule has 29 heavy (non-hydrogen) atoms. The van der Waals surface area contributed by atoms with E-state index in [1.54, 1.807) is 19.2 Å². The molecule has 2 heterocycles. The first-order valence-electron chi connectivity index (χ1n) is 9.92. The maximum Gasteiger partial charge on any atom is 0.255 e. The van der Waals surface area contributed by atoms with Crippen molar-refractivity contribution in [1.82, 2.24) is 10.6 Å². The van der Waals surface area contributed by atoms with Gasteiger partial charge < -0.3 is 19.8 Å². The standard InChI is InChI=1S/C23H25FN2O3/c1-5-13-11-26-20-17(28-12(2)3)10-16-19(23(27)25-4)21(29-22(16)18(13)20)14-6-8-15(24)9-7-14/h6-12,17,20,26H,5H2,1-4H3,(H,25,27). The fraction of sp³-hybridized carbons (Fsp3) is 0.348. The van der Waals surface area contributed by atoms with Crippen molar-refractivity contribution in [2.75, 3.05) is 7.05 Å². The number of carbonyl (C=O) groups excluding carboxylic acids is 1. The molecule has 0 fully saturated rings. The van der Waals surface area contributed by atoms with E-state index in [-0.39, 0.29) is 30.0 Å². The summed E-state index contributed by atoms with van der Waals surface area (Å²) in [5, 5.41) is 6.84. The first-order chi connectivity index (χ1) is 13.9. The van der Waals surface area contributed by atoms with E-state index in [0.29, 0.717) is 22.3 Å². The second kappa shape index (κ2) is 7.52. The van der Waals surface area contributed by atoms with E-state index in [1.807, 2.05) is 26.1 Å². The van der Waals surface area contributed by atoms with Crippen molar-refractivity contribution >= 4 is 17.6 Å². The lowest BCUT2D eigenvalue weighted by Gasteiger charge is -2.27. The zero-order valence-electron chi connectivity index (χ0n) is 17.0. The number of fused-ring (bicyclic) bond motifs is 2. The average molecular weight is 396 g/mol. The number of nitrogens with one attached hydrogen (secondary N) is 2. The maximum atomic E-state index is 13.4. The summed E-state index contributed by atoms with van der Waals surface area (Å²) in [6.07, 6.45) is 4.58. The van der Waals surface area contributed by atoms with Crippen LogP contribution in [0.3, 0.4) is 0 Å². The van der Waals surface area contributed by atoms with Gasteiger partial charge in [-0.2, -0.15) is 0 Å². The molecule has 2 unspecified atom stereocenters. The van der Waals surface area contributed by atoms with Gasteiger partial charge in [-0.05, 0) is 56.2 Å². The molecule has 1 aromatic carbocycles. The third kappa shape index (κ3) is 3.27. The highest BCUT2D eigenvalue weighted by atomic mass is 19.1. The minimum atomic E-state index is -0.339. The molecule has 6 heteroatoms. The smallest absolute Gasteiger partial charge is 0.255 e. The SMILES string of the molecule is CCC1=CNC2C1=c1oc(-c3ccc(F)cc3)c(C(=O)NC)c1=CC2OC(C)C. The van der Waals surface area contributed by atoms with Gasteiger partial charge in [0.05, 0.1) is 17.7 Å². The Morgan fingerprint density at radius 3 is 2.66 bits per heavy atom. The van der Waals surface area contributed by atoms with Crippen LogP contribution < -0.4 is 21.3 Å². The quantitative estimate of drug-likeness (QED) is 0.815. The molecule has 0 saturated heterocycles. The zero-order valence-corrected chi connectivity index (χ0v) is 17.0. The van der Waals surface area contributed by atoms with E-state index in [0.717, 1.165) is 22.8 Å². The Hall–Kier alpha value is -2.86. The molecule has 0 radical (unpaired) electrons. The summed E-state index contributed by atoms with van der Waals surface area (Å²) in [4.78, 5) is 12.8. The Morgan fingerprint density at radius 1 is 1.31 bits per heavy atom. The molecule has 152 valence electrons. The number of rotatable bonds is 5. The van der Waals surface area contributed by atoms with Gasteiger partial charge in [-0.15, -0.1) is 0 Å². The highest BCUT2D eigenvalue weighted by molar-refractivity contribution is 6.00. The van der Waals surface area contributed by atoms with Gasteiger partial charge in [-0.1, -0.05) is 6.92 Å². The average Bonchev–Trinajstić information content (AvgIpc) is 3.29. The minimum Gasteiger partial charge on any atom is -0.455 e. The van der Waals surface area contributed by atoms with E-state index in [2.05, 4.69) is 17.6 Å². The third-order valence-corrected chi connectivity index (χ3v) is 5.31. The first-order valence-corrected chi connectivity index (χ1v) is 9.92. The van der Waals surface area contributed by atoms with Gasteiger partial charge in [0.2, 0.25) is 0 Å². The van der Waals surface area contributed by atoms with E-state index < -0.39 is 0 Å². The zero-order chi connectivity index (χ0) is 20.7. The lowest BCUT2D eigenvalue weighted by atomic mass is 9.91. The van der Waals surface area contributed by atoms with Crippen LogP contribution in [-0.2, 0) is 4.74 Å².